The van der Waals surface area contributed by atoms with Gasteiger partial charge in [0.15, 0.2) is 5.96 Å². The first kappa shape index (κ1) is 24.6. The minimum absolute atomic E-state index is 0. The van der Waals surface area contributed by atoms with Crippen molar-refractivity contribution in [3.8, 4) is 0 Å². The molecule has 0 aliphatic carbocycles. The van der Waals surface area contributed by atoms with E-state index in [1.165, 1.54) is 12.1 Å². The SMILES string of the molecule is CN=C(NCCc1ccc(S(N)(=O)=O)cc1)NCC(=O)NC(C)(C)C.I. The quantitative estimate of drug-likeness (QED) is 0.260. The Morgan fingerprint density at radius 3 is 2.19 bits per heavy atom. The molecule has 148 valence electrons. The molecule has 1 rings (SSSR count). The molecule has 8 nitrogen and oxygen atoms in total. The molecule has 0 fully saturated rings. The van der Waals surface area contributed by atoms with Gasteiger partial charge in [-0.3, -0.25) is 9.79 Å². The molecule has 0 heterocycles. The highest BCUT2D eigenvalue weighted by Gasteiger charge is 2.13. The Labute approximate surface area is 172 Å². The molecule has 5 N–H and O–H groups in total. The maximum atomic E-state index is 11.8. The highest BCUT2D eigenvalue weighted by Crippen LogP contribution is 2.08. The van der Waals surface area contributed by atoms with Crippen LogP contribution in [0, 0.1) is 0 Å². The molecule has 0 spiro atoms. The molecule has 10 heteroatoms. The summed E-state index contributed by atoms with van der Waals surface area (Å²) >= 11 is 0. The van der Waals surface area contributed by atoms with Crippen LogP contribution in [0.3, 0.4) is 0 Å². The fraction of sp³-hybridized carbons (Fsp3) is 0.500. The minimum atomic E-state index is -3.67. The van der Waals surface area contributed by atoms with Crippen LogP contribution < -0.4 is 21.1 Å². The van der Waals surface area contributed by atoms with Crippen LogP contribution in [-0.4, -0.2) is 46.0 Å². The lowest BCUT2D eigenvalue weighted by atomic mass is 10.1. The topological polar surface area (TPSA) is 126 Å². The third kappa shape index (κ3) is 9.92. The van der Waals surface area contributed by atoms with E-state index in [4.69, 9.17) is 5.14 Å². The molecule has 1 aromatic rings. The zero-order valence-corrected chi connectivity index (χ0v) is 18.6. The van der Waals surface area contributed by atoms with E-state index in [0.29, 0.717) is 18.9 Å². The van der Waals surface area contributed by atoms with Crippen LogP contribution in [0.25, 0.3) is 0 Å². The first-order valence-electron chi connectivity index (χ1n) is 7.88. The first-order valence-corrected chi connectivity index (χ1v) is 9.43. The van der Waals surface area contributed by atoms with E-state index in [2.05, 4.69) is 20.9 Å². The van der Waals surface area contributed by atoms with Crippen LogP contribution in [-0.2, 0) is 21.2 Å². The average Bonchev–Trinajstić information content (AvgIpc) is 2.48. The second-order valence-electron chi connectivity index (χ2n) is 6.59. The number of guanidine groups is 1. The number of carbonyl (C=O) groups excluding carboxylic acids is 1. The van der Waals surface area contributed by atoms with E-state index < -0.39 is 10.0 Å². The van der Waals surface area contributed by atoms with Crippen LogP contribution in [0.5, 0.6) is 0 Å². The molecular weight excluding hydrogens is 469 g/mol. The predicted octanol–water partition coefficient (Wildman–Crippen LogP) is 0.574. The average molecular weight is 497 g/mol. The Morgan fingerprint density at radius 2 is 1.73 bits per heavy atom. The molecule has 0 aromatic heterocycles. The Morgan fingerprint density at radius 1 is 1.15 bits per heavy atom. The molecule has 0 unspecified atom stereocenters. The number of amides is 1. The summed E-state index contributed by atoms with van der Waals surface area (Å²) in [5.74, 6) is 0.402. The summed E-state index contributed by atoms with van der Waals surface area (Å²) < 4.78 is 22.4. The number of hydrogen-bond acceptors (Lipinski definition) is 4. The fourth-order valence-corrected chi connectivity index (χ4v) is 2.53. The summed E-state index contributed by atoms with van der Waals surface area (Å²) in [4.78, 5) is 15.9. The maximum absolute atomic E-state index is 11.8. The summed E-state index contributed by atoms with van der Waals surface area (Å²) in [6.45, 7) is 6.45. The second kappa shape index (κ2) is 10.7. The van der Waals surface area contributed by atoms with Crippen molar-refractivity contribution in [2.24, 2.45) is 10.1 Å². The number of primary sulfonamides is 1. The molecule has 0 bridgehead atoms. The number of sulfonamides is 1. The number of nitrogens with one attached hydrogen (secondary N) is 3. The van der Waals surface area contributed by atoms with Crippen molar-refractivity contribution in [3.63, 3.8) is 0 Å². The zero-order valence-electron chi connectivity index (χ0n) is 15.5. The smallest absolute Gasteiger partial charge is 0.239 e. The number of nitrogens with zero attached hydrogens (tertiary/aromatic N) is 1. The monoisotopic (exact) mass is 497 g/mol. The Hall–Kier alpha value is -1.40. The molecule has 0 radical (unpaired) electrons. The molecule has 1 aromatic carbocycles. The molecule has 0 atom stereocenters. The highest BCUT2D eigenvalue weighted by molar-refractivity contribution is 14.0. The number of aliphatic imine (C=N–C) groups is 1. The molecule has 1 amide bonds. The Bertz CT molecular complexity index is 712. The van der Waals surface area contributed by atoms with Crippen molar-refractivity contribution in [3.05, 3.63) is 29.8 Å². The summed E-state index contributed by atoms with van der Waals surface area (Å²) in [5.41, 5.74) is 0.680. The van der Waals surface area contributed by atoms with Gasteiger partial charge >= 0.3 is 0 Å². The van der Waals surface area contributed by atoms with Gasteiger partial charge in [-0.2, -0.15) is 0 Å². The first-order chi connectivity index (χ1) is 11.5. The van der Waals surface area contributed by atoms with Crippen molar-refractivity contribution < 1.29 is 13.2 Å². The predicted molar refractivity (Wildman–Crippen MR) is 114 cm³/mol. The second-order valence-corrected chi connectivity index (χ2v) is 8.15. The number of hydrogen-bond donors (Lipinski definition) is 4. The molecule has 0 saturated heterocycles. The van der Waals surface area contributed by atoms with Gasteiger partial charge < -0.3 is 16.0 Å². The van der Waals surface area contributed by atoms with E-state index in [-0.39, 0.29) is 46.9 Å². The number of halogens is 1. The van der Waals surface area contributed by atoms with Gasteiger partial charge in [0.25, 0.3) is 0 Å². The van der Waals surface area contributed by atoms with Crippen molar-refractivity contribution in [1.82, 2.24) is 16.0 Å². The highest BCUT2D eigenvalue weighted by atomic mass is 127. The van der Waals surface area contributed by atoms with E-state index in [9.17, 15) is 13.2 Å². The largest absolute Gasteiger partial charge is 0.356 e. The van der Waals surface area contributed by atoms with E-state index in [0.717, 1.165) is 5.56 Å². The van der Waals surface area contributed by atoms with E-state index >= 15 is 0 Å². The van der Waals surface area contributed by atoms with Gasteiger partial charge in [-0.25, -0.2) is 13.6 Å². The Kier molecular flexibility index (Phi) is 10.1. The van der Waals surface area contributed by atoms with Gasteiger partial charge in [0.2, 0.25) is 15.9 Å². The van der Waals surface area contributed by atoms with Gasteiger partial charge in [-0.1, -0.05) is 12.1 Å². The zero-order chi connectivity index (χ0) is 19.1. The van der Waals surface area contributed by atoms with Gasteiger partial charge in [0.1, 0.15) is 0 Å². The minimum Gasteiger partial charge on any atom is -0.356 e. The standard InChI is InChI=1S/C16H27N5O3S.HI/c1-16(2,3)21-14(22)11-20-15(18-4)19-10-9-12-5-7-13(8-6-12)25(17,23)24;/h5-8H,9-11H2,1-4H3,(H,21,22)(H2,17,23,24)(H2,18,19,20);1H. The number of carbonyl (C=O) groups is 1. The van der Waals surface area contributed by atoms with Crippen LogP contribution in [0.1, 0.15) is 26.3 Å². The van der Waals surface area contributed by atoms with Crippen molar-refractivity contribution in [2.75, 3.05) is 20.1 Å². The maximum Gasteiger partial charge on any atom is 0.239 e. The van der Waals surface area contributed by atoms with E-state index in [1.807, 2.05) is 20.8 Å². The van der Waals surface area contributed by atoms with Crippen LogP contribution in [0.2, 0.25) is 0 Å². The van der Waals surface area contributed by atoms with E-state index in [1.54, 1.807) is 19.2 Å². The molecule has 26 heavy (non-hydrogen) atoms. The van der Waals surface area contributed by atoms with Crippen LogP contribution in [0.15, 0.2) is 34.2 Å². The van der Waals surface area contributed by atoms with Gasteiger partial charge in [0.05, 0.1) is 11.4 Å². The third-order valence-electron chi connectivity index (χ3n) is 3.11. The van der Waals surface area contributed by atoms with Crippen LogP contribution in [0.4, 0.5) is 0 Å². The molecule has 0 saturated carbocycles. The molecular formula is C16H28IN5O3S. The summed E-state index contributed by atoms with van der Waals surface area (Å²) in [6.07, 6.45) is 0.666. The summed E-state index contributed by atoms with van der Waals surface area (Å²) in [5, 5.41) is 14.0. The number of benzene rings is 1. The Balaban J connectivity index is 0.00000625. The van der Waals surface area contributed by atoms with Crippen molar-refractivity contribution in [2.45, 2.75) is 37.6 Å². The van der Waals surface area contributed by atoms with Crippen molar-refractivity contribution in [1.29, 1.82) is 0 Å². The van der Waals surface area contributed by atoms with Gasteiger partial charge in [-0.05, 0) is 44.9 Å². The lowest BCUT2D eigenvalue weighted by Crippen LogP contribution is -2.48. The third-order valence-corrected chi connectivity index (χ3v) is 4.04. The lowest BCUT2D eigenvalue weighted by Gasteiger charge is -2.21. The lowest BCUT2D eigenvalue weighted by molar-refractivity contribution is -0.121. The molecule has 0 aliphatic heterocycles. The van der Waals surface area contributed by atoms with Crippen LogP contribution >= 0.6 is 24.0 Å². The summed E-state index contributed by atoms with van der Waals surface area (Å²) in [7, 11) is -2.05. The van der Waals surface area contributed by atoms with Gasteiger partial charge in [0, 0.05) is 19.1 Å². The van der Waals surface area contributed by atoms with Crippen molar-refractivity contribution >= 4 is 45.9 Å². The number of rotatable bonds is 6. The normalized spacial score (nSPS) is 12.1. The molecule has 0 aliphatic rings. The fourth-order valence-electron chi connectivity index (χ4n) is 2.02. The number of nitrogens with two attached hydrogens (primary N) is 1. The summed E-state index contributed by atoms with van der Waals surface area (Å²) in [6, 6.07) is 6.39. The van der Waals surface area contributed by atoms with Gasteiger partial charge in [-0.15, -0.1) is 24.0 Å².